The van der Waals surface area contributed by atoms with Gasteiger partial charge in [0.1, 0.15) is 11.5 Å². The van der Waals surface area contributed by atoms with Crippen LogP contribution in [0.4, 0.5) is 0 Å². The predicted molar refractivity (Wildman–Crippen MR) is 149 cm³/mol. The van der Waals surface area contributed by atoms with E-state index in [1.807, 2.05) is 18.2 Å². The minimum absolute atomic E-state index is 0.201. The number of rotatable bonds is 6. The van der Waals surface area contributed by atoms with Gasteiger partial charge in [-0.15, -0.1) is 0 Å². The lowest BCUT2D eigenvalue weighted by Crippen LogP contribution is -2.39. The minimum atomic E-state index is -0.868. The molecule has 1 unspecified atom stereocenters. The van der Waals surface area contributed by atoms with Gasteiger partial charge in [-0.05, 0) is 61.0 Å². The van der Waals surface area contributed by atoms with Crippen LogP contribution in [0.2, 0.25) is 5.02 Å². The predicted octanol–water partition coefficient (Wildman–Crippen LogP) is 4.26. The van der Waals surface area contributed by atoms with E-state index >= 15 is 0 Å². The van der Waals surface area contributed by atoms with Gasteiger partial charge in [0.05, 0.1) is 36.1 Å². The van der Waals surface area contributed by atoms with Gasteiger partial charge in [-0.3, -0.25) is 14.2 Å². The van der Waals surface area contributed by atoms with Crippen molar-refractivity contribution in [3.05, 3.63) is 102 Å². The molecule has 0 radical (unpaired) electrons. The Morgan fingerprint density at radius 2 is 1.82 bits per heavy atom. The highest BCUT2D eigenvalue weighted by atomic mass is 35.5. The van der Waals surface area contributed by atoms with Gasteiger partial charge in [0, 0.05) is 23.6 Å². The van der Waals surface area contributed by atoms with Gasteiger partial charge < -0.3 is 18.6 Å². The van der Waals surface area contributed by atoms with Crippen LogP contribution >= 0.6 is 22.9 Å². The third-order valence-electron chi connectivity index (χ3n) is 6.21. The highest BCUT2D eigenvalue weighted by molar-refractivity contribution is 7.07. The minimum Gasteiger partial charge on any atom is -0.493 e. The summed E-state index contributed by atoms with van der Waals surface area (Å²) < 4.78 is 23.5. The second kappa shape index (κ2) is 11.0. The SMILES string of the molecule is COC(=O)C1=C(C)N=c2s/c(=C\c3ccc(-c4ccc(Cl)cc4)o3)c(=O)n2C1c1ccc(OC(C)=O)c(OC)c1. The Morgan fingerprint density at radius 1 is 1.07 bits per heavy atom. The molecule has 0 saturated heterocycles. The molecular weight excluding hydrogens is 556 g/mol. The Morgan fingerprint density at radius 3 is 2.50 bits per heavy atom. The molecule has 0 fully saturated rings. The molecule has 2 aromatic carbocycles. The number of hydrogen-bond acceptors (Lipinski definition) is 9. The first-order valence-corrected chi connectivity index (χ1v) is 13.2. The summed E-state index contributed by atoms with van der Waals surface area (Å²) in [4.78, 5) is 43.2. The van der Waals surface area contributed by atoms with E-state index in [-0.39, 0.29) is 22.6 Å². The molecule has 0 aliphatic carbocycles. The maximum atomic E-state index is 13.8. The molecule has 5 rings (SSSR count). The number of carbonyl (C=O) groups excluding carboxylic acids is 2. The van der Waals surface area contributed by atoms with Crippen LogP contribution in [0.15, 0.2) is 80.1 Å². The number of thiazole rings is 1. The Balaban J connectivity index is 1.64. The smallest absolute Gasteiger partial charge is 0.338 e. The number of nitrogens with zero attached hydrogens (tertiary/aromatic N) is 2. The topological polar surface area (TPSA) is 109 Å². The first-order chi connectivity index (χ1) is 19.2. The number of allylic oxidation sites excluding steroid dienone is 1. The van der Waals surface area contributed by atoms with Gasteiger partial charge in [0.15, 0.2) is 16.3 Å². The average molecular weight is 579 g/mol. The van der Waals surface area contributed by atoms with E-state index in [2.05, 4.69) is 4.99 Å². The summed E-state index contributed by atoms with van der Waals surface area (Å²) in [5, 5.41) is 0.617. The van der Waals surface area contributed by atoms with Crippen LogP contribution in [0.25, 0.3) is 17.4 Å². The first kappa shape index (κ1) is 27.2. The van der Waals surface area contributed by atoms with Crippen molar-refractivity contribution in [3.8, 4) is 22.8 Å². The molecule has 2 aromatic heterocycles. The van der Waals surface area contributed by atoms with Crippen LogP contribution in [-0.4, -0.2) is 30.7 Å². The Bertz CT molecular complexity index is 1850. The molecular formula is C29H23ClN2O7S. The van der Waals surface area contributed by atoms with E-state index in [1.54, 1.807) is 49.4 Å². The van der Waals surface area contributed by atoms with Crippen LogP contribution in [0.5, 0.6) is 11.5 Å². The summed E-state index contributed by atoms with van der Waals surface area (Å²) >= 11 is 7.16. The summed E-state index contributed by atoms with van der Waals surface area (Å²) in [5.74, 6) is 0.435. The molecule has 204 valence electrons. The van der Waals surface area contributed by atoms with E-state index in [0.717, 1.165) is 5.56 Å². The normalized spacial score (nSPS) is 14.9. The first-order valence-electron chi connectivity index (χ1n) is 12.0. The lowest BCUT2D eigenvalue weighted by atomic mass is 9.95. The molecule has 1 aliphatic heterocycles. The average Bonchev–Trinajstić information content (AvgIpc) is 3.52. The Labute approximate surface area is 237 Å². The fourth-order valence-electron chi connectivity index (χ4n) is 4.43. The molecule has 1 atom stereocenters. The number of fused-ring (bicyclic) bond motifs is 1. The molecule has 40 heavy (non-hydrogen) atoms. The third-order valence-corrected chi connectivity index (χ3v) is 7.45. The van der Waals surface area contributed by atoms with Crippen LogP contribution < -0.4 is 24.4 Å². The second-order valence-electron chi connectivity index (χ2n) is 8.79. The lowest BCUT2D eigenvalue weighted by Gasteiger charge is -2.25. The fraction of sp³-hybridized carbons (Fsp3) is 0.172. The fourth-order valence-corrected chi connectivity index (χ4v) is 5.58. The van der Waals surface area contributed by atoms with Crippen molar-refractivity contribution in [3.63, 3.8) is 0 Å². The van der Waals surface area contributed by atoms with Crippen molar-refractivity contribution in [2.45, 2.75) is 19.9 Å². The maximum absolute atomic E-state index is 13.8. The van der Waals surface area contributed by atoms with Crippen LogP contribution in [0.3, 0.4) is 0 Å². The summed E-state index contributed by atoms with van der Waals surface area (Å²) in [6.07, 6.45) is 1.64. The quantitative estimate of drug-likeness (QED) is 0.248. The van der Waals surface area contributed by atoms with Gasteiger partial charge in [-0.1, -0.05) is 29.0 Å². The van der Waals surface area contributed by atoms with Gasteiger partial charge in [0.2, 0.25) is 0 Å². The highest BCUT2D eigenvalue weighted by Gasteiger charge is 2.33. The van der Waals surface area contributed by atoms with Crippen molar-refractivity contribution in [2.24, 2.45) is 4.99 Å². The maximum Gasteiger partial charge on any atom is 0.338 e. The number of halogens is 1. The molecule has 9 nitrogen and oxygen atoms in total. The second-order valence-corrected chi connectivity index (χ2v) is 10.2. The van der Waals surface area contributed by atoms with E-state index in [4.69, 9.17) is 30.2 Å². The molecule has 0 bridgehead atoms. The van der Waals surface area contributed by atoms with Gasteiger partial charge in [-0.25, -0.2) is 9.79 Å². The van der Waals surface area contributed by atoms with Gasteiger partial charge in [0.25, 0.3) is 5.56 Å². The van der Waals surface area contributed by atoms with Gasteiger partial charge in [-0.2, -0.15) is 0 Å². The summed E-state index contributed by atoms with van der Waals surface area (Å²) in [5.41, 5.74) is 1.63. The Kier molecular flexibility index (Phi) is 7.46. The van der Waals surface area contributed by atoms with Gasteiger partial charge >= 0.3 is 11.9 Å². The van der Waals surface area contributed by atoms with Crippen LogP contribution in [0, 0.1) is 0 Å². The molecule has 0 amide bonds. The standard InChI is InChI=1S/C29H23ClN2O7S/c1-15-25(28(35)37-4)26(18-7-11-22(38-16(2)33)23(13-18)36-3)32-27(34)24(40-29(32)31-15)14-20-10-12-21(39-20)17-5-8-19(30)9-6-17/h5-14,26H,1-4H3/b24-14-. The zero-order valence-corrected chi connectivity index (χ0v) is 23.5. The van der Waals surface area contributed by atoms with E-state index < -0.39 is 18.0 Å². The number of hydrogen-bond donors (Lipinski definition) is 0. The number of methoxy groups -OCH3 is 2. The lowest BCUT2D eigenvalue weighted by molar-refractivity contribution is -0.136. The Hall–Kier alpha value is -4.41. The van der Waals surface area contributed by atoms with Crippen molar-refractivity contribution >= 4 is 41.0 Å². The molecule has 0 spiro atoms. The molecule has 0 N–H and O–H groups in total. The van der Waals surface area contributed by atoms with E-state index in [9.17, 15) is 14.4 Å². The zero-order chi connectivity index (χ0) is 28.6. The number of esters is 2. The molecule has 4 aromatic rings. The molecule has 3 heterocycles. The molecule has 0 saturated carbocycles. The van der Waals surface area contributed by atoms with Crippen molar-refractivity contribution in [1.29, 1.82) is 0 Å². The van der Waals surface area contributed by atoms with Crippen LogP contribution in [-0.2, 0) is 14.3 Å². The number of ether oxygens (including phenoxy) is 3. The number of furan rings is 1. The van der Waals surface area contributed by atoms with Crippen molar-refractivity contribution in [2.75, 3.05) is 14.2 Å². The number of carbonyl (C=O) groups is 2. The largest absolute Gasteiger partial charge is 0.493 e. The number of benzene rings is 2. The summed E-state index contributed by atoms with van der Waals surface area (Å²) in [6, 6.07) is 14.8. The van der Waals surface area contributed by atoms with Crippen molar-refractivity contribution in [1.82, 2.24) is 4.57 Å². The van der Waals surface area contributed by atoms with E-state index in [1.165, 1.54) is 37.0 Å². The van der Waals surface area contributed by atoms with Crippen LogP contribution in [0.1, 0.15) is 31.2 Å². The highest BCUT2D eigenvalue weighted by Crippen LogP contribution is 2.36. The molecule has 11 heteroatoms. The number of aromatic nitrogens is 1. The monoisotopic (exact) mass is 578 g/mol. The third kappa shape index (κ3) is 5.11. The summed E-state index contributed by atoms with van der Waals surface area (Å²) in [7, 11) is 2.70. The van der Waals surface area contributed by atoms with Crippen molar-refractivity contribution < 1.29 is 28.2 Å². The summed E-state index contributed by atoms with van der Waals surface area (Å²) in [6.45, 7) is 2.97. The van der Waals surface area contributed by atoms with E-state index in [0.29, 0.717) is 37.1 Å². The zero-order valence-electron chi connectivity index (χ0n) is 21.9. The molecule has 1 aliphatic rings.